The van der Waals surface area contributed by atoms with E-state index in [4.69, 9.17) is 14.2 Å². The van der Waals surface area contributed by atoms with Crippen molar-refractivity contribution in [1.82, 2.24) is 5.32 Å². The molecule has 8 nitrogen and oxygen atoms in total. The van der Waals surface area contributed by atoms with E-state index in [0.29, 0.717) is 17.1 Å². The minimum Gasteiger partial charge on any atom is -0.493 e. The molecule has 33 heavy (non-hydrogen) atoms. The van der Waals surface area contributed by atoms with Gasteiger partial charge >= 0.3 is 5.97 Å². The lowest BCUT2D eigenvalue weighted by atomic mass is 9.78. The predicted octanol–water partition coefficient (Wildman–Crippen LogP) is 3.86. The fraction of sp³-hybridized carbons (Fsp3) is 0.320. The molecule has 172 valence electrons. The largest absolute Gasteiger partial charge is 0.493 e. The highest BCUT2D eigenvalue weighted by Gasteiger charge is 2.62. The van der Waals surface area contributed by atoms with E-state index >= 15 is 0 Å². The number of hydrogen-bond acceptors (Lipinski definition) is 7. The lowest BCUT2D eigenvalue weighted by Crippen LogP contribution is -2.50. The van der Waals surface area contributed by atoms with Gasteiger partial charge in [0.05, 0.1) is 27.2 Å². The second-order valence-corrected chi connectivity index (χ2v) is 8.29. The Balaban J connectivity index is 1.88. The number of rotatable bonds is 6. The van der Waals surface area contributed by atoms with Crippen LogP contribution < -0.4 is 14.8 Å². The number of methoxy groups -OCH3 is 3. The molecule has 0 saturated carbocycles. The normalized spacial score (nSPS) is 24.4. The van der Waals surface area contributed by atoms with Crippen molar-refractivity contribution >= 4 is 16.7 Å². The van der Waals surface area contributed by atoms with Gasteiger partial charge in [0.15, 0.2) is 11.5 Å². The number of esters is 1. The number of carbonyl (C=O) groups is 1. The second kappa shape index (κ2) is 8.71. The molecular formula is C25H26N2O6. The number of nitrogens with one attached hydrogen (secondary N) is 1. The minimum absolute atomic E-state index is 0.317. The quantitative estimate of drug-likeness (QED) is 0.346. The Labute approximate surface area is 191 Å². The van der Waals surface area contributed by atoms with Crippen molar-refractivity contribution in [2.75, 3.05) is 21.3 Å². The van der Waals surface area contributed by atoms with Gasteiger partial charge in [-0.25, -0.2) is 0 Å². The third-order valence-electron chi connectivity index (χ3n) is 6.51. The van der Waals surface area contributed by atoms with Crippen molar-refractivity contribution in [2.45, 2.75) is 30.5 Å². The van der Waals surface area contributed by atoms with Crippen LogP contribution >= 0.6 is 0 Å². The van der Waals surface area contributed by atoms with E-state index in [9.17, 15) is 14.9 Å². The van der Waals surface area contributed by atoms with Crippen molar-refractivity contribution in [3.05, 3.63) is 81.9 Å². The minimum atomic E-state index is -1.34. The maximum absolute atomic E-state index is 13.0. The number of ether oxygens (including phenoxy) is 3. The average Bonchev–Trinajstić information content (AvgIpc) is 3.17. The summed E-state index contributed by atoms with van der Waals surface area (Å²) >= 11 is 0. The van der Waals surface area contributed by atoms with Crippen LogP contribution in [0, 0.1) is 10.1 Å². The summed E-state index contributed by atoms with van der Waals surface area (Å²) in [5.41, 5.74) is -0.0332. The Kier molecular flexibility index (Phi) is 5.95. The summed E-state index contributed by atoms with van der Waals surface area (Å²) in [6, 6.07) is 16.8. The molecule has 0 spiro atoms. The van der Waals surface area contributed by atoms with Crippen molar-refractivity contribution in [3.63, 3.8) is 0 Å². The third-order valence-corrected chi connectivity index (χ3v) is 6.51. The van der Waals surface area contributed by atoms with Crippen molar-refractivity contribution in [2.24, 2.45) is 0 Å². The molecule has 0 bridgehead atoms. The maximum atomic E-state index is 13.0. The van der Waals surface area contributed by atoms with Gasteiger partial charge in [0.2, 0.25) is 6.04 Å². The lowest BCUT2D eigenvalue weighted by Gasteiger charge is -2.29. The van der Waals surface area contributed by atoms with E-state index in [0.717, 1.165) is 16.3 Å². The summed E-state index contributed by atoms with van der Waals surface area (Å²) in [5, 5.41) is 17.7. The number of nitrogens with zero attached hydrogens (tertiary/aromatic N) is 1. The highest BCUT2D eigenvalue weighted by Crippen LogP contribution is 2.48. The number of hydrogen-bond donors (Lipinski definition) is 1. The molecule has 1 N–H and O–H groups in total. The third kappa shape index (κ3) is 3.76. The van der Waals surface area contributed by atoms with Crippen LogP contribution in [0.5, 0.6) is 11.5 Å². The highest BCUT2D eigenvalue weighted by molar-refractivity contribution is 5.84. The van der Waals surface area contributed by atoms with Gasteiger partial charge < -0.3 is 14.2 Å². The van der Waals surface area contributed by atoms with Gasteiger partial charge in [-0.2, -0.15) is 0 Å². The summed E-state index contributed by atoms with van der Waals surface area (Å²) in [4.78, 5) is 25.1. The first-order valence-corrected chi connectivity index (χ1v) is 10.5. The molecule has 4 rings (SSSR count). The van der Waals surface area contributed by atoms with Gasteiger partial charge in [-0.05, 0) is 47.0 Å². The molecule has 0 aromatic heterocycles. The fourth-order valence-electron chi connectivity index (χ4n) is 4.93. The topological polar surface area (TPSA) is 99.9 Å². The number of carbonyl (C=O) groups excluding carboxylic acids is 1. The van der Waals surface area contributed by atoms with Crippen LogP contribution in [-0.4, -0.2) is 43.8 Å². The summed E-state index contributed by atoms with van der Waals surface area (Å²) < 4.78 is 15.8. The van der Waals surface area contributed by atoms with Crippen molar-refractivity contribution in [1.29, 1.82) is 0 Å². The standard InChI is InChI=1S/C25H26N2O6/c1-25(24(28)33-4)21(17-11-12-19(31-2)20(14-17)32-3)23(27(29)30)22(26-25)18-10-9-15-7-5-6-8-16(15)13-18/h5-14,21-23,26H,1-4H3/t21-,22-,23-,25-/m0/s1. The Morgan fingerprint density at radius 1 is 0.939 bits per heavy atom. The van der Waals surface area contributed by atoms with E-state index < -0.39 is 29.5 Å². The molecule has 1 heterocycles. The van der Waals surface area contributed by atoms with Crippen LogP contribution in [0.25, 0.3) is 10.8 Å². The van der Waals surface area contributed by atoms with E-state index in [1.54, 1.807) is 25.1 Å². The van der Waals surface area contributed by atoms with E-state index in [1.165, 1.54) is 21.3 Å². The number of benzene rings is 3. The zero-order valence-corrected chi connectivity index (χ0v) is 18.9. The van der Waals surface area contributed by atoms with Crippen LogP contribution in [0.15, 0.2) is 60.7 Å². The van der Waals surface area contributed by atoms with Crippen LogP contribution in [0.3, 0.4) is 0 Å². The lowest BCUT2D eigenvalue weighted by molar-refractivity contribution is -0.527. The Morgan fingerprint density at radius 3 is 2.24 bits per heavy atom. The zero-order chi connectivity index (χ0) is 23.8. The molecule has 1 saturated heterocycles. The van der Waals surface area contributed by atoms with Gasteiger partial charge in [-0.15, -0.1) is 0 Å². The first-order chi connectivity index (χ1) is 15.8. The average molecular weight is 450 g/mol. The molecule has 1 aliphatic heterocycles. The SMILES string of the molecule is COC(=O)[C@@]1(C)N[C@@H](c2ccc3ccccc3c2)[C@@H]([N+](=O)[O-])[C@@H]1c1ccc(OC)c(OC)c1. The zero-order valence-electron chi connectivity index (χ0n) is 18.9. The van der Waals surface area contributed by atoms with Gasteiger partial charge in [0.1, 0.15) is 11.6 Å². The molecule has 3 aromatic carbocycles. The second-order valence-electron chi connectivity index (χ2n) is 8.29. The molecule has 0 aliphatic carbocycles. The highest BCUT2D eigenvalue weighted by atomic mass is 16.6. The molecule has 4 atom stereocenters. The molecule has 0 amide bonds. The van der Waals surface area contributed by atoms with Crippen LogP contribution in [0.1, 0.15) is 30.0 Å². The molecule has 1 fully saturated rings. The number of fused-ring (bicyclic) bond motifs is 1. The van der Waals surface area contributed by atoms with Gasteiger partial charge in [0, 0.05) is 4.92 Å². The Morgan fingerprint density at radius 2 is 1.61 bits per heavy atom. The maximum Gasteiger partial charge on any atom is 0.326 e. The fourth-order valence-corrected chi connectivity index (χ4v) is 4.93. The summed E-state index contributed by atoms with van der Waals surface area (Å²) in [6.45, 7) is 1.65. The van der Waals surface area contributed by atoms with Gasteiger partial charge in [0.25, 0.3) is 0 Å². The number of nitro groups is 1. The van der Waals surface area contributed by atoms with Crippen molar-refractivity contribution in [3.8, 4) is 11.5 Å². The summed E-state index contributed by atoms with van der Waals surface area (Å²) in [5.74, 6) is -0.470. The smallest absolute Gasteiger partial charge is 0.326 e. The summed E-state index contributed by atoms with van der Waals surface area (Å²) in [6.07, 6.45) is 0. The van der Waals surface area contributed by atoms with Crippen LogP contribution in [0.4, 0.5) is 0 Å². The predicted molar refractivity (Wildman–Crippen MR) is 123 cm³/mol. The summed E-state index contributed by atoms with van der Waals surface area (Å²) in [7, 11) is 4.30. The molecule has 8 heteroatoms. The Bertz CT molecular complexity index is 1210. The molecule has 0 unspecified atom stereocenters. The Hall–Kier alpha value is -3.65. The van der Waals surface area contributed by atoms with E-state index in [2.05, 4.69) is 5.32 Å². The van der Waals surface area contributed by atoms with Gasteiger partial charge in [-0.3, -0.25) is 20.2 Å². The van der Waals surface area contributed by atoms with Crippen LogP contribution in [0.2, 0.25) is 0 Å². The molecule has 0 radical (unpaired) electrons. The molecular weight excluding hydrogens is 424 g/mol. The van der Waals surface area contributed by atoms with Crippen molar-refractivity contribution < 1.29 is 23.9 Å². The van der Waals surface area contributed by atoms with E-state index in [1.807, 2.05) is 42.5 Å². The van der Waals surface area contributed by atoms with Crippen LogP contribution in [-0.2, 0) is 9.53 Å². The molecule has 3 aromatic rings. The first-order valence-electron chi connectivity index (χ1n) is 10.5. The molecule has 1 aliphatic rings. The van der Waals surface area contributed by atoms with E-state index in [-0.39, 0.29) is 4.92 Å². The first kappa shape index (κ1) is 22.5. The monoisotopic (exact) mass is 450 g/mol. The van der Waals surface area contributed by atoms with Gasteiger partial charge in [-0.1, -0.05) is 42.5 Å².